The fourth-order valence-electron chi connectivity index (χ4n) is 1.77. The number of hydrogen-bond acceptors (Lipinski definition) is 0. The summed E-state index contributed by atoms with van der Waals surface area (Å²) in [6.45, 7) is 0. The van der Waals surface area contributed by atoms with Crippen LogP contribution in [-0.4, -0.2) is 0 Å². The average Bonchev–Trinajstić information content (AvgIpc) is 2.59. The standard InChI is InChI=1S/C12H7ClN/c13-10-6-3-5-9-8-4-1-2-7-11(8)14-12(9)10/h1-7H. The SMILES string of the molecule is Clc1cccc2c1[N]c1ccccc1-2. The Kier molecular flexibility index (Phi) is 1.55. The smallest absolute Gasteiger partial charge is 0.0902 e. The van der Waals surface area contributed by atoms with E-state index >= 15 is 0 Å². The third-order valence-corrected chi connectivity index (χ3v) is 2.72. The lowest BCUT2D eigenvalue weighted by Gasteiger charge is -1.98. The van der Waals surface area contributed by atoms with E-state index in [1.54, 1.807) is 0 Å². The minimum Gasteiger partial charge on any atom is -0.246 e. The van der Waals surface area contributed by atoms with E-state index in [1.807, 2.05) is 30.3 Å². The van der Waals surface area contributed by atoms with Crippen molar-refractivity contribution in [1.29, 1.82) is 0 Å². The highest BCUT2D eigenvalue weighted by Crippen LogP contribution is 2.45. The lowest BCUT2D eigenvalue weighted by atomic mass is 10.1. The minimum absolute atomic E-state index is 0.721. The second-order valence-electron chi connectivity index (χ2n) is 3.26. The Labute approximate surface area is 87.3 Å². The lowest BCUT2D eigenvalue weighted by Crippen LogP contribution is -1.81. The predicted octanol–water partition coefficient (Wildman–Crippen LogP) is 3.89. The Morgan fingerprint density at radius 2 is 1.64 bits per heavy atom. The van der Waals surface area contributed by atoms with Gasteiger partial charge in [0.1, 0.15) is 0 Å². The Morgan fingerprint density at radius 3 is 2.57 bits per heavy atom. The Bertz CT molecular complexity index is 505. The van der Waals surface area contributed by atoms with Gasteiger partial charge in [-0.3, -0.25) is 0 Å². The molecule has 67 valence electrons. The second-order valence-corrected chi connectivity index (χ2v) is 3.67. The molecule has 0 aliphatic carbocycles. The van der Waals surface area contributed by atoms with E-state index in [0.29, 0.717) is 0 Å². The van der Waals surface area contributed by atoms with Crippen molar-refractivity contribution in [2.75, 3.05) is 0 Å². The van der Waals surface area contributed by atoms with Crippen LogP contribution in [-0.2, 0) is 0 Å². The molecule has 1 aliphatic rings. The zero-order valence-corrected chi connectivity index (χ0v) is 8.12. The maximum atomic E-state index is 6.07. The van der Waals surface area contributed by atoms with Gasteiger partial charge in [-0.05, 0) is 12.1 Å². The van der Waals surface area contributed by atoms with Crippen molar-refractivity contribution in [3.8, 4) is 11.1 Å². The van der Waals surface area contributed by atoms with Crippen LogP contribution in [0.3, 0.4) is 0 Å². The van der Waals surface area contributed by atoms with Gasteiger partial charge in [0.05, 0.1) is 16.4 Å². The van der Waals surface area contributed by atoms with Crippen LogP contribution in [0.5, 0.6) is 0 Å². The van der Waals surface area contributed by atoms with Crippen LogP contribution in [0.25, 0.3) is 11.1 Å². The molecular weight excluding hydrogens is 194 g/mol. The number of hydrogen-bond donors (Lipinski definition) is 0. The molecule has 0 bridgehead atoms. The van der Waals surface area contributed by atoms with Gasteiger partial charge in [0.15, 0.2) is 0 Å². The van der Waals surface area contributed by atoms with E-state index in [9.17, 15) is 0 Å². The van der Waals surface area contributed by atoms with Gasteiger partial charge in [0.2, 0.25) is 0 Å². The van der Waals surface area contributed by atoms with E-state index in [1.165, 1.54) is 5.56 Å². The fourth-order valence-corrected chi connectivity index (χ4v) is 1.98. The van der Waals surface area contributed by atoms with Crippen molar-refractivity contribution in [3.63, 3.8) is 0 Å². The fraction of sp³-hybridized carbons (Fsp3) is 0. The monoisotopic (exact) mass is 200 g/mol. The number of halogens is 1. The Morgan fingerprint density at radius 1 is 0.857 bits per heavy atom. The summed E-state index contributed by atoms with van der Waals surface area (Å²) >= 11 is 6.07. The maximum absolute atomic E-state index is 6.07. The van der Waals surface area contributed by atoms with Crippen molar-refractivity contribution in [2.24, 2.45) is 0 Å². The highest BCUT2D eigenvalue weighted by Gasteiger charge is 2.20. The zero-order valence-electron chi connectivity index (χ0n) is 7.37. The summed E-state index contributed by atoms with van der Waals surface area (Å²) in [6.07, 6.45) is 0. The summed E-state index contributed by atoms with van der Waals surface area (Å²) in [7, 11) is 0. The predicted molar refractivity (Wildman–Crippen MR) is 58.3 cm³/mol. The van der Waals surface area contributed by atoms with E-state index < -0.39 is 0 Å². The molecule has 0 spiro atoms. The molecule has 1 nitrogen and oxygen atoms in total. The summed E-state index contributed by atoms with van der Waals surface area (Å²) in [5.41, 5.74) is 4.21. The summed E-state index contributed by atoms with van der Waals surface area (Å²) < 4.78 is 0. The number of nitrogens with zero attached hydrogens (tertiary/aromatic N) is 1. The molecule has 1 heterocycles. The largest absolute Gasteiger partial charge is 0.246 e. The van der Waals surface area contributed by atoms with E-state index in [4.69, 9.17) is 11.6 Å². The molecule has 3 rings (SSSR count). The van der Waals surface area contributed by atoms with Gasteiger partial charge in [-0.1, -0.05) is 41.9 Å². The molecule has 0 unspecified atom stereocenters. The van der Waals surface area contributed by atoms with Gasteiger partial charge in [0.25, 0.3) is 0 Å². The number of fused-ring (bicyclic) bond motifs is 3. The van der Waals surface area contributed by atoms with Crippen molar-refractivity contribution >= 4 is 23.0 Å². The van der Waals surface area contributed by atoms with Crippen molar-refractivity contribution in [1.82, 2.24) is 5.32 Å². The topological polar surface area (TPSA) is 14.1 Å². The van der Waals surface area contributed by atoms with E-state index in [0.717, 1.165) is 22.0 Å². The molecular formula is C12H7ClN. The molecule has 0 aromatic heterocycles. The molecule has 0 atom stereocenters. The molecule has 0 saturated heterocycles. The summed E-state index contributed by atoms with van der Waals surface area (Å²) in [6, 6.07) is 14.0. The van der Waals surface area contributed by atoms with Gasteiger partial charge in [0, 0.05) is 11.1 Å². The minimum atomic E-state index is 0.721. The van der Waals surface area contributed by atoms with Gasteiger partial charge in [-0.15, -0.1) is 0 Å². The molecule has 2 aromatic carbocycles. The van der Waals surface area contributed by atoms with Gasteiger partial charge in [-0.2, -0.15) is 0 Å². The molecule has 2 heteroatoms. The Balaban J connectivity index is 2.33. The van der Waals surface area contributed by atoms with Crippen LogP contribution in [0.1, 0.15) is 0 Å². The first-order valence-corrected chi connectivity index (χ1v) is 4.84. The first kappa shape index (κ1) is 7.89. The lowest BCUT2D eigenvalue weighted by molar-refractivity contribution is 1.24. The maximum Gasteiger partial charge on any atom is 0.0902 e. The van der Waals surface area contributed by atoms with Gasteiger partial charge in [-0.25, -0.2) is 5.32 Å². The zero-order chi connectivity index (χ0) is 9.54. The van der Waals surface area contributed by atoms with Crippen LogP contribution >= 0.6 is 11.6 Å². The van der Waals surface area contributed by atoms with Crippen molar-refractivity contribution in [3.05, 3.63) is 47.5 Å². The van der Waals surface area contributed by atoms with Crippen LogP contribution in [0.2, 0.25) is 5.02 Å². The first-order valence-electron chi connectivity index (χ1n) is 4.46. The van der Waals surface area contributed by atoms with Crippen molar-refractivity contribution < 1.29 is 0 Å². The average molecular weight is 201 g/mol. The third kappa shape index (κ3) is 0.962. The summed E-state index contributed by atoms with van der Waals surface area (Å²) in [5, 5.41) is 5.20. The number of benzene rings is 2. The van der Waals surface area contributed by atoms with Gasteiger partial charge < -0.3 is 0 Å². The number of para-hydroxylation sites is 2. The summed E-state index contributed by atoms with van der Waals surface area (Å²) in [4.78, 5) is 0. The third-order valence-electron chi connectivity index (χ3n) is 2.41. The van der Waals surface area contributed by atoms with Crippen LogP contribution in [0.15, 0.2) is 42.5 Å². The second kappa shape index (κ2) is 2.76. The molecule has 0 fully saturated rings. The van der Waals surface area contributed by atoms with Crippen LogP contribution in [0, 0.1) is 0 Å². The quantitative estimate of drug-likeness (QED) is 0.523. The molecule has 14 heavy (non-hydrogen) atoms. The van der Waals surface area contributed by atoms with E-state index in [-0.39, 0.29) is 0 Å². The molecule has 0 N–H and O–H groups in total. The van der Waals surface area contributed by atoms with Crippen LogP contribution < -0.4 is 5.32 Å². The molecule has 1 aliphatic heterocycles. The molecule has 0 amide bonds. The first-order chi connectivity index (χ1) is 6.86. The summed E-state index contributed by atoms with van der Waals surface area (Å²) in [5.74, 6) is 0. The van der Waals surface area contributed by atoms with Gasteiger partial charge >= 0.3 is 0 Å². The van der Waals surface area contributed by atoms with E-state index in [2.05, 4.69) is 17.4 Å². The van der Waals surface area contributed by atoms with Crippen LogP contribution in [0.4, 0.5) is 11.4 Å². The number of rotatable bonds is 0. The Hall–Kier alpha value is -1.47. The molecule has 0 saturated carbocycles. The normalized spacial score (nSPS) is 11.8. The highest BCUT2D eigenvalue weighted by molar-refractivity contribution is 6.34. The molecule has 2 aromatic rings. The van der Waals surface area contributed by atoms with Crippen molar-refractivity contribution in [2.45, 2.75) is 0 Å². The molecule has 1 radical (unpaired) electrons. The highest BCUT2D eigenvalue weighted by atomic mass is 35.5.